The van der Waals surface area contributed by atoms with E-state index in [4.69, 9.17) is 14.2 Å². The lowest BCUT2D eigenvalue weighted by Crippen LogP contribution is -2.33. The van der Waals surface area contributed by atoms with Gasteiger partial charge in [-0.05, 0) is 13.8 Å². The van der Waals surface area contributed by atoms with Crippen molar-refractivity contribution in [3.8, 4) is 0 Å². The minimum atomic E-state index is -0.564. The maximum Gasteiger partial charge on any atom is 0.187 e. The van der Waals surface area contributed by atoms with E-state index in [1.54, 1.807) is 6.92 Å². The average molecular weight is 260 g/mol. The van der Waals surface area contributed by atoms with Gasteiger partial charge < -0.3 is 14.2 Å². The van der Waals surface area contributed by atoms with Crippen LogP contribution in [0.1, 0.15) is 34.6 Å². The van der Waals surface area contributed by atoms with Gasteiger partial charge in [0, 0.05) is 18.1 Å². The molecule has 0 aromatic heterocycles. The number of fused-ring (bicyclic) bond motifs is 1. The van der Waals surface area contributed by atoms with E-state index in [0.29, 0.717) is 0 Å². The van der Waals surface area contributed by atoms with E-state index in [1.807, 2.05) is 20.8 Å². The molecule has 2 aliphatic heterocycles. The van der Waals surface area contributed by atoms with E-state index in [-0.39, 0.29) is 34.8 Å². The summed E-state index contributed by atoms with van der Waals surface area (Å²) in [5, 5.41) is 0.246. The summed E-state index contributed by atoms with van der Waals surface area (Å²) in [6.07, 6.45) is -0.306. The molecule has 5 heteroatoms. The van der Waals surface area contributed by atoms with Gasteiger partial charge in [-0.3, -0.25) is 4.79 Å². The SMILES string of the molecule is CC(=O)SC(C)[C@@H]1O[C@H]2OC(C)(C)O[C@H]2[C@@H]1C. The highest BCUT2D eigenvalue weighted by Crippen LogP contribution is 2.43. The molecule has 17 heavy (non-hydrogen) atoms. The van der Waals surface area contributed by atoms with Crippen molar-refractivity contribution < 1.29 is 19.0 Å². The topological polar surface area (TPSA) is 44.8 Å². The first-order valence-corrected chi connectivity index (χ1v) is 6.86. The summed E-state index contributed by atoms with van der Waals surface area (Å²) in [6, 6.07) is 0. The molecule has 0 saturated carbocycles. The van der Waals surface area contributed by atoms with Crippen LogP contribution in [0.25, 0.3) is 0 Å². The standard InChI is InChI=1S/C12H20O4S/c1-6-9(7(2)17-8(3)13)14-11-10(6)15-12(4,5)16-11/h6-7,9-11H,1-5H3/t6-,7?,9-,10+,11+/m1/s1. The molecule has 1 unspecified atom stereocenters. The summed E-state index contributed by atoms with van der Waals surface area (Å²) < 4.78 is 17.4. The Morgan fingerprint density at radius 2 is 2.00 bits per heavy atom. The largest absolute Gasteiger partial charge is 0.345 e. The quantitative estimate of drug-likeness (QED) is 0.761. The third-order valence-electron chi connectivity index (χ3n) is 3.23. The fourth-order valence-corrected chi connectivity index (χ4v) is 3.52. The van der Waals surface area contributed by atoms with Gasteiger partial charge in [0.25, 0.3) is 0 Å². The van der Waals surface area contributed by atoms with Crippen molar-refractivity contribution in [3.05, 3.63) is 0 Å². The molecule has 5 atom stereocenters. The van der Waals surface area contributed by atoms with Crippen LogP contribution in [0.15, 0.2) is 0 Å². The average Bonchev–Trinajstić information content (AvgIpc) is 2.60. The lowest BCUT2D eigenvalue weighted by atomic mass is 9.99. The zero-order chi connectivity index (χ0) is 12.8. The number of ether oxygens (including phenoxy) is 3. The van der Waals surface area contributed by atoms with E-state index in [0.717, 1.165) is 0 Å². The summed E-state index contributed by atoms with van der Waals surface area (Å²) in [6.45, 7) is 9.47. The molecule has 0 aliphatic carbocycles. The van der Waals surface area contributed by atoms with Gasteiger partial charge >= 0.3 is 0 Å². The second-order valence-corrected chi connectivity index (χ2v) is 6.80. The first-order valence-electron chi connectivity index (χ1n) is 5.98. The second-order valence-electron chi connectivity index (χ2n) is 5.24. The summed E-state index contributed by atoms with van der Waals surface area (Å²) >= 11 is 1.32. The molecule has 4 nitrogen and oxygen atoms in total. The number of rotatable bonds is 2. The van der Waals surface area contributed by atoms with Crippen LogP contribution >= 0.6 is 11.8 Å². The van der Waals surface area contributed by atoms with Crippen LogP contribution < -0.4 is 0 Å². The van der Waals surface area contributed by atoms with Crippen LogP contribution in [0.5, 0.6) is 0 Å². The third kappa shape index (κ3) is 2.67. The Morgan fingerprint density at radius 3 is 2.53 bits per heavy atom. The maximum atomic E-state index is 11.1. The highest BCUT2D eigenvalue weighted by Gasteiger charge is 2.54. The second kappa shape index (κ2) is 4.53. The summed E-state index contributed by atoms with van der Waals surface area (Å²) in [5.41, 5.74) is 0. The number of thioether (sulfide) groups is 1. The van der Waals surface area contributed by atoms with Crippen molar-refractivity contribution in [2.45, 2.75) is 64.2 Å². The van der Waals surface area contributed by atoms with Crippen molar-refractivity contribution >= 4 is 16.9 Å². The monoisotopic (exact) mass is 260 g/mol. The van der Waals surface area contributed by atoms with Crippen LogP contribution in [0, 0.1) is 5.92 Å². The summed E-state index contributed by atoms with van der Waals surface area (Å²) in [5.74, 6) is -0.325. The van der Waals surface area contributed by atoms with Crippen molar-refractivity contribution in [1.82, 2.24) is 0 Å². The van der Waals surface area contributed by atoms with Gasteiger partial charge in [-0.15, -0.1) is 0 Å². The smallest absolute Gasteiger partial charge is 0.187 e. The molecule has 0 amide bonds. The Bertz CT molecular complexity index is 318. The predicted molar refractivity (Wildman–Crippen MR) is 65.6 cm³/mol. The zero-order valence-corrected chi connectivity index (χ0v) is 11.7. The summed E-state index contributed by atoms with van der Waals surface area (Å²) in [4.78, 5) is 11.1. The Hall–Kier alpha value is -0.100. The van der Waals surface area contributed by atoms with Crippen molar-refractivity contribution in [1.29, 1.82) is 0 Å². The molecule has 0 aromatic carbocycles. The zero-order valence-electron chi connectivity index (χ0n) is 10.9. The van der Waals surface area contributed by atoms with E-state index in [1.165, 1.54) is 11.8 Å². The Labute approximate surface area is 106 Å². The molecule has 2 fully saturated rings. The van der Waals surface area contributed by atoms with Gasteiger partial charge in [0.05, 0.1) is 6.10 Å². The van der Waals surface area contributed by atoms with Crippen molar-refractivity contribution in [3.63, 3.8) is 0 Å². The lowest BCUT2D eigenvalue weighted by molar-refractivity contribution is -0.208. The van der Waals surface area contributed by atoms with Gasteiger partial charge in [-0.1, -0.05) is 25.6 Å². The normalized spacial score (nSPS) is 41.2. The first-order chi connectivity index (χ1) is 7.80. The Morgan fingerprint density at radius 1 is 1.35 bits per heavy atom. The predicted octanol–water partition coefficient (Wildman–Crippen LogP) is 2.17. The minimum absolute atomic E-state index is 0.00926. The maximum absolute atomic E-state index is 11.1. The van der Waals surface area contributed by atoms with Gasteiger partial charge in [-0.2, -0.15) is 0 Å². The van der Waals surface area contributed by atoms with E-state index in [2.05, 4.69) is 6.92 Å². The molecule has 2 heterocycles. The molecule has 0 spiro atoms. The van der Waals surface area contributed by atoms with E-state index < -0.39 is 5.79 Å². The Kier molecular flexibility index (Phi) is 3.56. The molecule has 2 saturated heterocycles. The van der Waals surface area contributed by atoms with Crippen LogP contribution in [-0.4, -0.2) is 34.7 Å². The molecule has 2 aliphatic rings. The minimum Gasteiger partial charge on any atom is -0.345 e. The molecule has 0 bridgehead atoms. The number of carbonyl (C=O) groups is 1. The molecule has 98 valence electrons. The molecule has 0 radical (unpaired) electrons. The molecule has 2 rings (SSSR count). The number of hydrogen-bond acceptors (Lipinski definition) is 5. The highest BCUT2D eigenvalue weighted by atomic mass is 32.2. The fourth-order valence-electron chi connectivity index (χ4n) is 2.55. The van der Waals surface area contributed by atoms with E-state index >= 15 is 0 Å². The number of hydrogen-bond donors (Lipinski definition) is 0. The molecular formula is C12H20O4S. The first kappa shape index (κ1) is 13.3. The van der Waals surface area contributed by atoms with Gasteiger partial charge in [-0.25, -0.2) is 0 Å². The highest BCUT2D eigenvalue weighted by molar-refractivity contribution is 8.14. The molecular weight excluding hydrogens is 240 g/mol. The van der Waals surface area contributed by atoms with Crippen LogP contribution in [0.4, 0.5) is 0 Å². The van der Waals surface area contributed by atoms with Crippen LogP contribution in [-0.2, 0) is 19.0 Å². The molecule has 0 N–H and O–H groups in total. The van der Waals surface area contributed by atoms with E-state index in [9.17, 15) is 4.79 Å². The lowest BCUT2D eigenvalue weighted by Gasteiger charge is -2.26. The van der Waals surface area contributed by atoms with Gasteiger partial charge in [0.2, 0.25) is 0 Å². The van der Waals surface area contributed by atoms with Crippen molar-refractivity contribution in [2.75, 3.05) is 0 Å². The fraction of sp³-hybridized carbons (Fsp3) is 0.917. The Balaban J connectivity index is 2.00. The van der Waals surface area contributed by atoms with Gasteiger partial charge in [0.15, 0.2) is 17.2 Å². The summed E-state index contributed by atoms with van der Waals surface area (Å²) in [7, 11) is 0. The third-order valence-corrected chi connectivity index (χ3v) is 4.20. The van der Waals surface area contributed by atoms with Crippen LogP contribution in [0.2, 0.25) is 0 Å². The van der Waals surface area contributed by atoms with Crippen molar-refractivity contribution in [2.24, 2.45) is 5.92 Å². The molecule has 0 aromatic rings. The van der Waals surface area contributed by atoms with Crippen LogP contribution in [0.3, 0.4) is 0 Å². The number of carbonyl (C=O) groups excluding carboxylic acids is 1. The van der Waals surface area contributed by atoms with Gasteiger partial charge in [0.1, 0.15) is 6.10 Å².